The van der Waals surface area contributed by atoms with Crippen LogP contribution in [-0.4, -0.2) is 37.5 Å². The minimum atomic E-state index is -4.64. The number of carboxylic acids is 1. The predicted molar refractivity (Wildman–Crippen MR) is 47.3 cm³/mol. The molecule has 0 saturated heterocycles. The van der Waals surface area contributed by atoms with Gasteiger partial charge in [0.05, 0.1) is 0 Å². The minimum Gasteiger partial charge on any atom is -0.478 e. The summed E-state index contributed by atoms with van der Waals surface area (Å²) in [6.07, 6.45) is 0. The number of aliphatic hydroxyl groups excluding tert-OH is 1. The third-order valence-electron chi connectivity index (χ3n) is 1.14. The number of phosphoric acid groups is 1. The van der Waals surface area contributed by atoms with Crippen LogP contribution < -0.4 is 0 Å². The predicted octanol–water partition coefficient (Wildman–Crippen LogP) is -0.673. The number of aliphatic hydroxyl groups is 1. The number of hydrogen-bond acceptors (Lipinski definition) is 3. The van der Waals surface area contributed by atoms with Crippen molar-refractivity contribution < 1.29 is 34.3 Å². The molecule has 14 heavy (non-hydrogen) atoms. The Bertz CT molecular complexity index is 234. The van der Waals surface area contributed by atoms with Crippen LogP contribution in [0.5, 0.6) is 0 Å². The van der Waals surface area contributed by atoms with E-state index >= 15 is 0 Å². The average molecular weight is 228 g/mol. The molecular formula is C6H13O7P. The Morgan fingerprint density at radius 3 is 1.79 bits per heavy atom. The third-order valence-corrected chi connectivity index (χ3v) is 1.14. The second-order valence-corrected chi connectivity index (χ2v) is 3.45. The van der Waals surface area contributed by atoms with Gasteiger partial charge in [-0.25, -0.2) is 9.36 Å². The van der Waals surface area contributed by atoms with Gasteiger partial charge in [-0.2, -0.15) is 0 Å². The number of carboxylic acid groups (broad SMARTS) is 1. The summed E-state index contributed by atoms with van der Waals surface area (Å²) in [7, 11) is -4.64. The van der Waals surface area contributed by atoms with E-state index in [2.05, 4.69) is 6.58 Å². The first-order valence-corrected chi connectivity index (χ1v) is 4.97. The van der Waals surface area contributed by atoms with Crippen LogP contribution in [0.25, 0.3) is 0 Å². The molecule has 0 fully saturated rings. The molecule has 0 spiro atoms. The SMILES string of the molecule is C=C(C(=O)O)C(C)CO.O=P(O)(O)O. The van der Waals surface area contributed by atoms with Crippen molar-refractivity contribution >= 4 is 13.8 Å². The molecule has 0 aliphatic carbocycles. The molecule has 0 aliphatic rings. The molecule has 0 aliphatic heterocycles. The number of carbonyl (C=O) groups is 1. The van der Waals surface area contributed by atoms with Crippen molar-refractivity contribution in [2.45, 2.75) is 6.92 Å². The maximum Gasteiger partial charge on any atom is 0.466 e. The Labute approximate surface area is 80.6 Å². The molecule has 8 heteroatoms. The second kappa shape index (κ2) is 6.69. The summed E-state index contributed by atoms with van der Waals surface area (Å²) in [4.78, 5) is 31.7. The first kappa shape index (κ1) is 15.7. The maximum atomic E-state index is 10.1. The summed E-state index contributed by atoms with van der Waals surface area (Å²) in [5.74, 6) is -1.39. The Morgan fingerprint density at radius 2 is 1.71 bits per heavy atom. The van der Waals surface area contributed by atoms with E-state index in [0.717, 1.165) is 0 Å². The van der Waals surface area contributed by atoms with Crippen LogP contribution >= 0.6 is 7.82 Å². The topological polar surface area (TPSA) is 135 Å². The van der Waals surface area contributed by atoms with Crippen LogP contribution in [0.3, 0.4) is 0 Å². The summed E-state index contributed by atoms with van der Waals surface area (Å²) in [6.45, 7) is 4.71. The quantitative estimate of drug-likeness (QED) is 0.319. The average Bonchev–Trinajstić information content (AvgIpc) is 1.98. The Hall–Kier alpha value is -0.720. The molecule has 0 rings (SSSR count). The highest BCUT2D eigenvalue weighted by Gasteiger charge is 2.10. The number of aliphatic carboxylic acids is 1. The summed E-state index contributed by atoms with van der Waals surface area (Å²) >= 11 is 0. The van der Waals surface area contributed by atoms with Crippen LogP contribution in [-0.2, 0) is 9.36 Å². The smallest absolute Gasteiger partial charge is 0.466 e. The molecule has 0 amide bonds. The van der Waals surface area contributed by atoms with Crippen molar-refractivity contribution in [3.05, 3.63) is 12.2 Å². The molecule has 0 aromatic carbocycles. The molecule has 5 N–H and O–H groups in total. The van der Waals surface area contributed by atoms with E-state index < -0.39 is 13.8 Å². The normalized spacial score (nSPS) is 12.4. The first-order chi connectivity index (χ1) is 6.09. The monoisotopic (exact) mass is 228 g/mol. The van der Waals surface area contributed by atoms with Gasteiger partial charge < -0.3 is 24.9 Å². The molecule has 1 atom stereocenters. The van der Waals surface area contributed by atoms with Crippen LogP contribution in [0.2, 0.25) is 0 Å². The van der Waals surface area contributed by atoms with Gasteiger partial charge >= 0.3 is 13.8 Å². The molecule has 0 radical (unpaired) electrons. The molecule has 84 valence electrons. The minimum absolute atomic E-state index is 0.0532. The van der Waals surface area contributed by atoms with E-state index in [4.69, 9.17) is 29.5 Å². The summed E-state index contributed by atoms with van der Waals surface area (Å²) in [5, 5.41) is 16.7. The highest BCUT2D eigenvalue weighted by molar-refractivity contribution is 7.45. The number of rotatable bonds is 3. The van der Waals surface area contributed by atoms with Crippen molar-refractivity contribution in [3.8, 4) is 0 Å². The van der Waals surface area contributed by atoms with Gasteiger partial charge in [0.1, 0.15) is 0 Å². The fourth-order valence-corrected chi connectivity index (χ4v) is 0.321. The molecule has 0 saturated carbocycles. The lowest BCUT2D eigenvalue weighted by Gasteiger charge is -2.04. The summed E-state index contributed by atoms with van der Waals surface area (Å²) < 4.78 is 8.88. The largest absolute Gasteiger partial charge is 0.478 e. The zero-order valence-electron chi connectivity index (χ0n) is 7.49. The van der Waals surface area contributed by atoms with Crippen LogP contribution in [0, 0.1) is 5.92 Å². The van der Waals surface area contributed by atoms with E-state index in [0.29, 0.717) is 0 Å². The third kappa shape index (κ3) is 13.8. The van der Waals surface area contributed by atoms with Crippen molar-refractivity contribution in [2.75, 3.05) is 6.61 Å². The van der Waals surface area contributed by atoms with E-state index in [9.17, 15) is 4.79 Å². The zero-order chi connectivity index (χ0) is 11.9. The van der Waals surface area contributed by atoms with Gasteiger partial charge in [-0.3, -0.25) is 0 Å². The lowest BCUT2D eigenvalue weighted by atomic mass is 10.1. The fourth-order valence-electron chi connectivity index (χ4n) is 0.321. The summed E-state index contributed by atoms with van der Waals surface area (Å²) in [5.41, 5.74) is 0.0532. The Balaban J connectivity index is 0. The lowest BCUT2D eigenvalue weighted by Crippen LogP contribution is -2.11. The van der Waals surface area contributed by atoms with Crippen LogP contribution in [0.15, 0.2) is 12.2 Å². The second-order valence-electron chi connectivity index (χ2n) is 2.43. The number of hydrogen-bond donors (Lipinski definition) is 5. The van der Waals surface area contributed by atoms with Gasteiger partial charge in [0.2, 0.25) is 0 Å². The lowest BCUT2D eigenvalue weighted by molar-refractivity contribution is -0.133. The van der Waals surface area contributed by atoms with Gasteiger partial charge in [-0.05, 0) is 0 Å². The van der Waals surface area contributed by atoms with E-state index in [1.54, 1.807) is 6.92 Å². The van der Waals surface area contributed by atoms with Crippen molar-refractivity contribution in [2.24, 2.45) is 5.92 Å². The van der Waals surface area contributed by atoms with E-state index in [-0.39, 0.29) is 18.1 Å². The van der Waals surface area contributed by atoms with Crippen molar-refractivity contribution in [3.63, 3.8) is 0 Å². The molecule has 0 heterocycles. The van der Waals surface area contributed by atoms with Crippen LogP contribution in [0.4, 0.5) is 0 Å². The summed E-state index contributed by atoms with van der Waals surface area (Å²) in [6, 6.07) is 0. The standard InChI is InChI=1S/C6H10O3.H3O4P/c1-4(3-7)5(2)6(8)9;1-5(2,3)4/h4,7H,2-3H2,1H3,(H,8,9);(H3,1,2,3,4). The van der Waals surface area contributed by atoms with E-state index in [1.165, 1.54) is 0 Å². The van der Waals surface area contributed by atoms with Crippen LogP contribution in [0.1, 0.15) is 6.92 Å². The molecule has 0 bridgehead atoms. The van der Waals surface area contributed by atoms with Gasteiger partial charge in [-0.15, -0.1) is 0 Å². The molecule has 0 aromatic heterocycles. The Kier molecular flexibility index (Phi) is 7.52. The molecule has 7 nitrogen and oxygen atoms in total. The highest BCUT2D eigenvalue weighted by atomic mass is 31.2. The van der Waals surface area contributed by atoms with Gasteiger partial charge in [0.15, 0.2) is 0 Å². The maximum absolute atomic E-state index is 10.1. The molecular weight excluding hydrogens is 215 g/mol. The molecule has 0 aromatic rings. The highest BCUT2D eigenvalue weighted by Crippen LogP contribution is 2.25. The van der Waals surface area contributed by atoms with Gasteiger partial charge in [0, 0.05) is 18.1 Å². The Morgan fingerprint density at radius 1 is 1.43 bits per heavy atom. The van der Waals surface area contributed by atoms with Gasteiger partial charge in [0.25, 0.3) is 0 Å². The van der Waals surface area contributed by atoms with Crippen molar-refractivity contribution in [1.82, 2.24) is 0 Å². The van der Waals surface area contributed by atoms with Gasteiger partial charge in [-0.1, -0.05) is 13.5 Å². The fraction of sp³-hybridized carbons (Fsp3) is 0.500. The van der Waals surface area contributed by atoms with E-state index in [1.807, 2.05) is 0 Å². The van der Waals surface area contributed by atoms with Crippen molar-refractivity contribution in [1.29, 1.82) is 0 Å². The molecule has 1 unspecified atom stereocenters. The first-order valence-electron chi connectivity index (χ1n) is 3.40. The zero-order valence-corrected chi connectivity index (χ0v) is 8.39.